The maximum absolute atomic E-state index is 13.0. The molecule has 0 saturated heterocycles. The quantitative estimate of drug-likeness (QED) is 0.423. The second-order valence-corrected chi connectivity index (χ2v) is 6.66. The molecule has 4 rings (SSSR count). The largest absolute Gasteiger partial charge is 0.440 e. The van der Waals surface area contributed by atoms with E-state index in [0.717, 1.165) is 11.1 Å². The lowest BCUT2D eigenvalue weighted by Gasteiger charge is -1.96. The van der Waals surface area contributed by atoms with E-state index in [-0.39, 0.29) is 5.82 Å². The lowest BCUT2D eigenvalue weighted by molar-refractivity contribution is 0.464. The van der Waals surface area contributed by atoms with Crippen LogP contribution in [0.5, 0.6) is 0 Å². The highest BCUT2D eigenvalue weighted by atomic mass is 35.5. The Kier molecular flexibility index (Phi) is 4.73. The van der Waals surface area contributed by atoms with Gasteiger partial charge in [0.25, 0.3) is 5.22 Å². The van der Waals surface area contributed by atoms with Crippen molar-refractivity contribution in [2.75, 3.05) is 0 Å². The molecule has 0 radical (unpaired) electrons. The van der Waals surface area contributed by atoms with Crippen LogP contribution in [-0.2, 0) is 5.75 Å². The van der Waals surface area contributed by atoms with E-state index in [0.29, 0.717) is 33.5 Å². The van der Waals surface area contributed by atoms with Crippen LogP contribution < -0.4 is 0 Å². The molecule has 0 saturated carbocycles. The van der Waals surface area contributed by atoms with Crippen LogP contribution in [0.1, 0.15) is 5.89 Å². The van der Waals surface area contributed by atoms with Crippen molar-refractivity contribution in [3.05, 3.63) is 71.5 Å². The van der Waals surface area contributed by atoms with Crippen molar-refractivity contribution in [2.24, 2.45) is 0 Å². The van der Waals surface area contributed by atoms with E-state index in [2.05, 4.69) is 15.2 Å². The molecule has 0 spiro atoms. The molecule has 0 bridgehead atoms. The van der Waals surface area contributed by atoms with Crippen LogP contribution in [0.3, 0.4) is 0 Å². The Hall–Kier alpha value is -2.64. The van der Waals surface area contributed by atoms with Gasteiger partial charge in [0.15, 0.2) is 5.76 Å². The Morgan fingerprint density at radius 2 is 1.85 bits per heavy atom. The van der Waals surface area contributed by atoms with Gasteiger partial charge >= 0.3 is 0 Å². The molecular formula is C18H11ClFN3O2S. The highest BCUT2D eigenvalue weighted by molar-refractivity contribution is 7.98. The average Bonchev–Trinajstić information content (AvgIpc) is 3.30. The summed E-state index contributed by atoms with van der Waals surface area (Å²) >= 11 is 7.28. The lowest BCUT2D eigenvalue weighted by Crippen LogP contribution is -1.79. The minimum Gasteiger partial charge on any atom is -0.440 e. The number of thioether (sulfide) groups is 1. The summed E-state index contributed by atoms with van der Waals surface area (Å²) in [5, 5.41) is 9.03. The number of oxazole rings is 1. The number of benzene rings is 2. The Labute approximate surface area is 157 Å². The molecule has 0 unspecified atom stereocenters. The van der Waals surface area contributed by atoms with Crippen LogP contribution in [-0.4, -0.2) is 15.2 Å². The first-order valence-corrected chi connectivity index (χ1v) is 8.96. The molecule has 2 aromatic heterocycles. The van der Waals surface area contributed by atoms with E-state index >= 15 is 0 Å². The zero-order valence-electron chi connectivity index (χ0n) is 13.2. The number of aromatic nitrogens is 3. The molecule has 2 heterocycles. The van der Waals surface area contributed by atoms with E-state index in [4.69, 9.17) is 20.4 Å². The van der Waals surface area contributed by atoms with Gasteiger partial charge in [0, 0.05) is 16.1 Å². The van der Waals surface area contributed by atoms with E-state index in [1.54, 1.807) is 30.5 Å². The third kappa shape index (κ3) is 3.79. The second-order valence-electron chi connectivity index (χ2n) is 5.30. The third-order valence-electron chi connectivity index (χ3n) is 3.48. The van der Waals surface area contributed by atoms with Gasteiger partial charge in [-0.3, -0.25) is 0 Å². The standard InChI is InChI=1S/C18H11ClFN3O2S/c19-13-3-1-2-12(8-13)17-22-23-18(25-17)26-10-16-21-9-15(24-16)11-4-6-14(20)7-5-11/h1-9H,10H2. The number of hydrogen-bond acceptors (Lipinski definition) is 6. The third-order valence-corrected chi connectivity index (χ3v) is 4.52. The average molecular weight is 388 g/mol. The summed E-state index contributed by atoms with van der Waals surface area (Å²) in [6.45, 7) is 0. The van der Waals surface area contributed by atoms with Crippen LogP contribution in [0.25, 0.3) is 22.8 Å². The summed E-state index contributed by atoms with van der Waals surface area (Å²) in [7, 11) is 0. The Morgan fingerprint density at radius 1 is 1.00 bits per heavy atom. The van der Waals surface area contributed by atoms with Crippen molar-refractivity contribution in [1.82, 2.24) is 15.2 Å². The Morgan fingerprint density at radius 3 is 2.65 bits per heavy atom. The first kappa shape index (κ1) is 16.8. The molecule has 0 N–H and O–H groups in total. The van der Waals surface area contributed by atoms with Gasteiger partial charge in [-0.25, -0.2) is 9.37 Å². The lowest BCUT2D eigenvalue weighted by atomic mass is 10.2. The molecule has 26 heavy (non-hydrogen) atoms. The fourth-order valence-electron chi connectivity index (χ4n) is 2.25. The normalized spacial score (nSPS) is 11.0. The van der Waals surface area contributed by atoms with Crippen molar-refractivity contribution < 1.29 is 13.2 Å². The topological polar surface area (TPSA) is 65.0 Å². The second kappa shape index (κ2) is 7.31. The van der Waals surface area contributed by atoms with E-state index in [1.807, 2.05) is 12.1 Å². The zero-order chi connectivity index (χ0) is 17.9. The SMILES string of the molecule is Fc1ccc(-c2cnc(CSc3nnc(-c4cccc(Cl)c4)o3)o2)cc1. The number of halogens is 2. The summed E-state index contributed by atoms with van der Waals surface area (Å²) in [4.78, 5) is 4.22. The van der Waals surface area contributed by atoms with Crippen molar-refractivity contribution >= 4 is 23.4 Å². The van der Waals surface area contributed by atoms with Gasteiger partial charge in [0.2, 0.25) is 11.8 Å². The fourth-order valence-corrected chi connectivity index (χ4v) is 3.06. The summed E-state index contributed by atoms with van der Waals surface area (Å²) in [6, 6.07) is 13.2. The van der Waals surface area contributed by atoms with E-state index in [1.165, 1.54) is 23.9 Å². The van der Waals surface area contributed by atoms with Crippen LogP contribution in [0.4, 0.5) is 4.39 Å². The molecule has 0 aliphatic rings. The molecule has 130 valence electrons. The summed E-state index contributed by atoms with van der Waals surface area (Å²) < 4.78 is 24.3. The maximum atomic E-state index is 13.0. The number of rotatable bonds is 5. The summed E-state index contributed by atoms with van der Waals surface area (Å²) in [6.07, 6.45) is 1.61. The minimum atomic E-state index is -0.295. The number of nitrogens with zero attached hydrogens (tertiary/aromatic N) is 3. The highest BCUT2D eigenvalue weighted by Crippen LogP contribution is 2.28. The van der Waals surface area contributed by atoms with Crippen LogP contribution >= 0.6 is 23.4 Å². The van der Waals surface area contributed by atoms with Gasteiger partial charge in [0.1, 0.15) is 5.82 Å². The Bertz CT molecular complexity index is 1030. The van der Waals surface area contributed by atoms with Gasteiger partial charge in [-0.2, -0.15) is 0 Å². The molecular weight excluding hydrogens is 377 g/mol. The predicted molar refractivity (Wildman–Crippen MR) is 96.2 cm³/mol. The molecule has 8 heteroatoms. The van der Waals surface area contributed by atoms with Gasteiger partial charge in [-0.05, 0) is 42.5 Å². The summed E-state index contributed by atoms with van der Waals surface area (Å²) in [5.41, 5.74) is 1.52. The first-order valence-electron chi connectivity index (χ1n) is 7.60. The van der Waals surface area contributed by atoms with Crippen molar-refractivity contribution in [3.63, 3.8) is 0 Å². The molecule has 0 atom stereocenters. The van der Waals surface area contributed by atoms with Gasteiger partial charge < -0.3 is 8.83 Å². The van der Waals surface area contributed by atoms with Gasteiger partial charge in [-0.1, -0.05) is 29.4 Å². The molecule has 0 amide bonds. The monoisotopic (exact) mass is 387 g/mol. The van der Waals surface area contributed by atoms with Crippen LogP contribution in [0.2, 0.25) is 5.02 Å². The minimum absolute atomic E-state index is 0.295. The molecule has 0 aliphatic heterocycles. The van der Waals surface area contributed by atoms with Crippen molar-refractivity contribution in [2.45, 2.75) is 11.0 Å². The first-order chi connectivity index (χ1) is 12.7. The number of hydrogen-bond donors (Lipinski definition) is 0. The van der Waals surface area contributed by atoms with Gasteiger partial charge in [0.05, 0.1) is 11.9 Å². The van der Waals surface area contributed by atoms with Crippen LogP contribution in [0.15, 0.2) is 68.8 Å². The van der Waals surface area contributed by atoms with Crippen molar-refractivity contribution in [1.29, 1.82) is 0 Å². The molecule has 0 aliphatic carbocycles. The van der Waals surface area contributed by atoms with E-state index < -0.39 is 0 Å². The Balaban J connectivity index is 1.43. The van der Waals surface area contributed by atoms with Gasteiger partial charge in [-0.15, -0.1) is 10.2 Å². The van der Waals surface area contributed by atoms with E-state index in [9.17, 15) is 4.39 Å². The predicted octanol–water partition coefficient (Wildman–Crippen LogP) is 5.48. The fraction of sp³-hybridized carbons (Fsp3) is 0.0556. The van der Waals surface area contributed by atoms with Crippen LogP contribution in [0, 0.1) is 5.82 Å². The molecule has 0 fully saturated rings. The highest BCUT2D eigenvalue weighted by Gasteiger charge is 2.12. The smallest absolute Gasteiger partial charge is 0.277 e. The molecule has 2 aromatic carbocycles. The summed E-state index contributed by atoms with van der Waals surface area (Å²) in [5.74, 6) is 1.62. The maximum Gasteiger partial charge on any atom is 0.277 e. The van der Waals surface area contributed by atoms with Crippen molar-refractivity contribution in [3.8, 4) is 22.8 Å². The molecule has 4 aromatic rings. The molecule has 5 nitrogen and oxygen atoms in total. The zero-order valence-corrected chi connectivity index (χ0v) is 14.8.